The molecule has 0 heterocycles. The minimum atomic E-state index is -4.39. The van der Waals surface area contributed by atoms with E-state index in [4.69, 9.17) is 18.5 Å². The molecule has 0 radical (unpaired) electrons. The lowest BCUT2D eigenvalue weighted by atomic mass is 10.2. The molecule has 0 aliphatic carbocycles. The molecule has 2 atom stereocenters. The first-order chi connectivity index (χ1) is 26.7. The fourth-order valence-electron chi connectivity index (χ4n) is 4.73. The van der Waals surface area contributed by atoms with Gasteiger partial charge in [-0.25, -0.2) is 4.57 Å². The Hall–Kier alpha value is -3.07. The number of allylic oxidation sites excluding steroid dienone is 16. The lowest BCUT2D eigenvalue weighted by Gasteiger charge is -2.20. The van der Waals surface area contributed by atoms with Gasteiger partial charge in [0.25, 0.3) is 0 Å². The highest BCUT2D eigenvalue weighted by Crippen LogP contribution is 2.43. The molecular formula is C45H74NO8P. The van der Waals surface area contributed by atoms with Gasteiger partial charge in [-0.15, -0.1) is 0 Å². The summed E-state index contributed by atoms with van der Waals surface area (Å²) in [6.45, 7) is 4.03. The number of esters is 2. The Bertz CT molecular complexity index is 1230. The van der Waals surface area contributed by atoms with E-state index >= 15 is 0 Å². The molecule has 0 amide bonds. The van der Waals surface area contributed by atoms with Crippen LogP contribution in [0.25, 0.3) is 0 Å². The highest BCUT2D eigenvalue weighted by atomic mass is 31.2. The van der Waals surface area contributed by atoms with Gasteiger partial charge in [-0.05, 0) is 104 Å². The Balaban J connectivity index is 4.52. The molecule has 0 saturated carbocycles. The molecule has 0 aliphatic heterocycles. The van der Waals surface area contributed by atoms with Crippen LogP contribution in [0, 0.1) is 0 Å². The van der Waals surface area contributed by atoms with Crippen LogP contribution >= 0.6 is 7.82 Å². The first-order valence-electron chi connectivity index (χ1n) is 20.5. The highest BCUT2D eigenvalue weighted by molar-refractivity contribution is 7.47. The van der Waals surface area contributed by atoms with Gasteiger partial charge >= 0.3 is 19.8 Å². The SMILES string of the molecule is CC/C=C\C/C=C\C/C=C\C/C=C\CCCCC(=O)OCC(COP(=O)(O)OCCN(C)C)OC(=O)CCC/C=C\C/C=C\C/C=C\C/C=C\CCCCC. The zero-order valence-electron chi connectivity index (χ0n) is 34.6. The van der Waals surface area contributed by atoms with Gasteiger partial charge in [0.2, 0.25) is 0 Å². The number of carbonyl (C=O) groups is 2. The molecule has 0 spiro atoms. The predicted octanol–water partition coefficient (Wildman–Crippen LogP) is 11.6. The number of nitrogens with zero attached hydrogens (tertiary/aromatic N) is 1. The molecule has 0 fully saturated rings. The van der Waals surface area contributed by atoms with E-state index in [9.17, 15) is 19.0 Å². The molecule has 0 aliphatic rings. The molecule has 0 rings (SSSR count). The van der Waals surface area contributed by atoms with Crippen LogP contribution in [-0.2, 0) is 32.7 Å². The maximum atomic E-state index is 12.6. The second-order valence-electron chi connectivity index (χ2n) is 13.4. The van der Waals surface area contributed by atoms with Crippen molar-refractivity contribution in [1.29, 1.82) is 0 Å². The highest BCUT2D eigenvalue weighted by Gasteiger charge is 2.26. The summed E-state index contributed by atoms with van der Waals surface area (Å²) in [7, 11) is -0.772. The van der Waals surface area contributed by atoms with E-state index in [-0.39, 0.29) is 26.1 Å². The average Bonchev–Trinajstić information content (AvgIpc) is 3.15. The van der Waals surface area contributed by atoms with Gasteiger partial charge in [-0.2, -0.15) is 0 Å². The molecule has 312 valence electrons. The smallest absolute Gasteiger partial charge is 0.462 e. The molecule has 0 bridgehead atoms. The Morgan fingerprint density at radius 2 is 1.04 bits per heavy atom. The summed E-state index contributed by atoms with van der Waals surface area (Å²) >= 11 is 0. The summed E-state index contributed by atoms with van der Waals surface area (Å²) in [6, 6.07) is 0. The Morgan fingerprint density at radius 3 is 1.53 bits per heavy atom. The number of hydrogen-bond donors (Lipinski definition) is 1. The van der Waals surface area contributed by atoms with Gasteiger partial charge in [0.05, 0.1) is 13.2 Å². The number of unbranched alkanes of at least 4 members (excludes halogenated alkanes) is 6. The van der Waals surface area contributed by atoms with E-state index in [0.717, 1.165) is 57.8 Å². The molecule has 9 nitrogen and oxygen atoms in total. The van der Waals surface area contributed by atoms with Crippen molar-refractivity contribution >= 4 is 19.8 Å². The van der Waals surface area contributed by atoms with Crippen molar-refractivity contribution in [3.63, 3.8) is 0 Å². The van der Waals surface area contributed by atoms with Crippen LogP contribution in [0.5, 0.6) is 0 Å². The quantitative estimate of drug-likeness (QED) is 0.0287. The molecule has 2 unspecified atom stereocenters. The second kappa shape index (κ2) is 39.2. The second-order valence-corrected chi connectivity index (χ2v) is 14.9. The van der Waals surface area contributed by atoms with Gasteiger partial charge in [0.1, 0.15) is 6.61 Å². The van der Waals surface area contributed by atoms with Gasteiger partial charge in [-0.1, -0.05) is 124 Å². The van der Waals surface area contributed by atoms with E-state index in [1.807, 2.05) is 20.2 Å². The molecular weight excluding hydrogens is 713 g/mol. The number of phosphoric acid groups is 1. The van der Waals surface area contributed by atoms with Crippen LogP contribution in [0.1, 0.15) is 129 Å². The van der Waals surface area contributed by atoms with Crippen LogP contribution in [0.2, 0.25) is 0 Å². The molecule has 1 N–H and O–H groups in total. The van der Waals surface area contributed by atoms with E-state index in [0.29, 0.717) is 25.8 Å². The summed E-state index contributed by atoms with van der Waals surface area (Å²) in [5.74, 6) is -0.930. The summed E-state index contributed by atoms with van der Waals surface area (Å²) in [6.07, 6.45) is 48.9. The van der Waals surface area contributed by atoms with Gasteiger partial charge < -0.3 is 19.3 Å². The third kappa shape index (κ3) is 40.4. The summed E-state index contributed by atoms with van der Waals surface area (Å²) in [5.41, 5.74) is 0. The lowest BCUT2D eigenvalue weighted by Crippen LogP contribution is -2.29. The van der Waals surface area contributed by atoms with Crippen molar-refractivity contribution in [2.24, 2.45) is 0 Å². The fourth-order valence-corrected chi connectivity index (χ4v) is 5.47. The molecule has 0 saturated heterocycles. The van der Waals surface area contributed by atoms with Crippen molar-refractivity contribution in [3.8, 4) is 0 Å². The third-order valence-corrected chi connectivity index (χ3v) is 8.86. The number of ether oxygens (including phenoxy) is 2. The van der Waals surface area contributed by atoms with Gasteiger partial charge in [0, 0.05) is 19.4 Å². The number of phosphoric ester groups is 1. The van der Waals surface area contributed by atoms with Crippen molar-refractivity contribution in [2.75, 3.05) is 40.5 Å². The molecule has 0 aromatic heterocycles. The number of rotatable bonds is 36. The monoisotopic (exact) mass is 788 g/mol. The van der Waals surface area contributed by atoms with E-state index in [1.165, 1.54) is 25.7 Å². The molecule has 0 aromatic carbocycles. The minimum absolute atomic E-state index is 0.0153. The van der Waals surface area contributed by atoms with Crippen LogP contribution in [-0.4, -0.2) is 68.3 Å². The number of hydrogen-bond acceptors (Lipinski definition) is 8. The van der Waals surface area contributed by atoms with Crippen molar-refractivity contribution in [3.05, 3.63) is 97.2 Å². The average molecular weight is 788 g/mol. The van der Waals surface area contributed by atoms with Gasteiger partial charge in [0.15, 0.2) is 6.10 Å². The zero-order valence-corrected chi connectivity index (χ0v) is 35.5. The molecule has 0 aromatic rings. The first-order valence-corrected chi connectivity index (χ1v) is 22.0. The van der Waals surface area contributed by atoms with Crippen LogP contribution in [0.3, 0.4) is 0 Å². The van der Waals surface area contributed by atoms with Crippen molar-refractivity contribution in [1.82, 2.24) is 4.90 Å². The van der Waals surface area contributed by atoms with Crippen LogP contribution < -0.4 is 0 Å². The van der Waals surface area contributed by atoms with Crippen LogP contribution in [0.4, 0.5) is 0 Å². The zero-order chi connectivity index (χ0) is 40.5. The number of carbonyl (C=O) groups excluding carboxylic acids is 2. The lowest BCUT2D eigenvalue weighted by molar-refractivity contribution is -0.161. The third-order valence-electron chi connectivity index (χ3n) is 7.87. The largest absolute Gasteiger partial charge is 0.472 e. The van der Waals surface area contributed by atoms with Crippen molar-refractivity contribution < 1.29 is 37.6 Å². The summed E-state index contributed by atoms with van der Waals surface area (Å²) in [5, 5.41) is 0. The topological polar surface area (TPSA) is 112 Å². The first kappa shape index (κ1) is 51.9. The van der Waals surface area contributed by atoms with Crippen molar-refractivity contribution in [2.45, 2.75) is 136 Å². The summed E-state index contributed by atoms with van der Waals surface area (Å²) < 4.78 is 33.3. The molecule has 10 heteroatoms. The van der Waals surface area contributed by atoms with E-state index in [1.54, 1.807) is 4.90 Å². The fraction of sp³-hybridized carbons (Fsp3) is 0.600. The minimum Gasteiger partial charge on any atom is -0.462 e. The Kier molecular flexibility index (Phi) is 37.0. The van der Waals surface area contributed by atoms with E-state index < -0.39 is 32.5 Å². The summed E-state index contributed by atoms with van der Waals surface area (Å²) in [4.78, 5) is 36.9. The normalized spacial score (nSPS) is 14.4. The van der Waals surface area contributed by atoms with Crippen LogP contribution in [0.15, 0.2) is 97.2 Å². The maximum absolute atomic E-state index is 12.6. The standard InChI is InChI=1S/C45H74NO8P/c1-5-7-9-11-13-15-17-19-21-22-24-26-28-30-32-34-36-38-45(48)54-43(42-53-55(49,50)52-40-39-46(3)4)41-51-44(47)37-35-33-31-29-27-25-23-20-18-16-14-12-10-8-6-2/h8,10,13-16,19-21,23-24,26-27,29-30,32,43H,5-7,9,11-12,17-18,22,25,28,31,33-42H2,1-4H3,(H,49,50)/b10-8-,15-13-,16-14-,21-19-,23-20-,26-24-,29-27-,32-30-. The number of likely N-dealkylation sites (N-methyl/N-ethyl adjacent to an activating group) is 1. The van der Waals surface area contributed by atoms with E-state index in [2.05, 4.69) is 105 Å². The Morgan fingerprint density at radius 1 is 0.582 bits per heavy atom. The Labute approximate surface area is 334 Å². The maximum Gasteiger partial charge on any atom is 0.472 e. The van der Waals surface area contributed by atoms with Gasteiger partial charge in [-0.3, -0.25) is 18.6 Å². The molecule has 55 heavy (non-hydrogen) atoms. The predicted molar refractivity (Wildman–Crippen MR) is 229 cm³/mol.